The van der Waals surface area contributed by atoms with Crippen LogP contribution in [0.15, 0.2) is 35.9 Å². The van der Waals surface area contributed by atoms with Crippen LogP contribution in [0.5, 0.6) is 5.75 Å². The smallest absolute Gasteiger partial charge is 0.210 e. The molecule has 1 saturated carbocycles. The molecule has 0 aromatic heterocycles. The van der Waals surface area contributed by atoms with Crippen LogP contribution in [0.4, 0.5) is 0 Å². The zero-order chi connectivity index (χ0) is 19.5. The summed E-state index contributed by atoms with van der Waals surface area (Å²) in [5.41, 5.74) is 0.961. The Bertz CT molecular complexity index is 771. The summed E-state index contributed by atoms with van der Waals surface area (Å²) in [6, 6.07) is 7.96. The van der Waals surface area contributed by atoms with Gasteiger partial charge in [0.05, 0.1) is 12.5 Å². The van der Waals surface area contributed by atoms with E-state index in [1.165, 1.54) is 0 Å². The summed E-state index contributed by atoms with van der Waals surface area (Å²) in [4.78, 5) is 26.3. The largest absolute Gasteiger partial charge is 0.497 e. The summed E-state index contributed by atoms with van der Waals surface area (Å²) in [5, 5.41) is 0. The number of allylic oxidation sites excluding steroid dienone is 2. The van der Waals surface area contributed by atoms with Crippen LogP contribution in [0.2, 0.25) is 0 Å². The van der Waals surface area contributed by atoms with Gasteiger partial charge in [0.2, 0.25) is 11.6 Å². The van der Waals surface area contributed by atoms with E-state index in [4.69, 9.17) is 4.74 Å². The van der Waals surface area contributed by atoms with E-state index in [1.807, 2.05) is 24.3 Å². The van der Waals surface area contributed by atoms with Gasteiger partial charge in [-0.1, -0.05) is 65.3 Å². The van der Waals surface area contributed by atoms with Gasteiger partial charge < -0.3 is 4.74 Å². The molecule has 3 aliphatic carbocycles. The van der Waals surface area contributed by atoms with Crippen LogP contribution < -0.4 is 4.74 Å². The van der Waals surface area contributed by atoms with E-state index >= 15 is 0 Å². The molecule has 0 radical (unpaired) electrons. The highest BCUT2D eigenvalue weighted by molar-refractivity contribution is 6.43. The van der Waals surface area contributed by atoms with Crippen molar-refractivity contribution in [3.63, 3.8) is 0 Å². The number of rotatable bonds is 2. The van der Waals surface area contributed by atoms with Gasteiger partial charge in [-0.3, -0.25) is 9.59 Å². The number of ketones is 2. The Kier molecular flexibility index (Phi) is 4.21. The van der Waals surface area contributed by atoms with Gasteiger partial charge in [0, 0.05) is 11.8 Å². The van der Waals surface area contributed by atoms with Crippen molar-refractivity contribution in [2.45, 2.75) is 53.9 Å². The number of carbonyl (C=O) groups is 2. The van der Waals surface area contributed by atoms with Gasteiger partial charge in [-0.15, -0.1) is 0 Å². The first-order valence-corrected chi connectivity index (χ1v) is 9.39. The molecular formula is C23H30O3. The lowest BCUT2D eigenvalue weighted by atomic mass is 9.44. The van der Waals surface area contributed by atoms with Crippen LogP contribution in [0.25, 0.3) is 0 Å². The summed E-state index contributed by atoms with van der Waals surface area (Å²) >= 11 is 0. The first kappa shape index (κ1) is 18.9. The maximum atomic E-state index is 13.3. The summed E-state index contributed by atoms with van der Waals surface area (Å²) in [6.07, 6.45) is 2.87. The molecule has 26 heavy (non-hydrogen) atoms. The van der Waals surface area contributed by atoms with Crippen molar-refractivity contribution in [2.24, 2.45) is 22.2 Å². The van der Waals surface area contributed by atoms with Gasteiger partial charge in [0.1, 0.15) is 5.75 Å². The average Bonchev–Trinajstić information content (AvgIpc) is 2.56. The lowest BCUT2D eigenvalue weighted by Crippen LogP contribution is -2.59. The van der Waals surface area contributed by atoms with Crippen LogP contribution in [-0.4, -0.2) is 18.7 Å². The van der Waals surface area contributed by atoms with Crippen molar-refractivity contribution in [1.82, 2.24) is 0 Å². The predicted molar refractivity (Wildman–Crippen MR) is 103 cm³/mol. The third-order valence-electron chi connectivity index (χ3n) is 6.32. The SMILES string of the molecule is COc1ccc([C@@H]2CC3C(=O)C(=O)[C@]2(C(C)(C)C)C=C3C(C)(C)C)cc1. The zero-order valence-electron chi connectivity index (χ0n) is 17.0. The third-order valence-corrected chi connectivity index (χ3v) is 6.32. The van der Waals surface area contributed by atoms with Crippen molar-refractivity contribution in [2.75, 3.05) is 7.11 Å². The van der Waals surface area contributed by atoms with Gasteiger partial charge in [-0.25, -0.2) is 0 Å². The number of benzene rings is 1. The number of Topliss-reactive ketones (excluding diaryl/α,β-unsaturated/α-hetero) is 2. The highest BCUT2D eigenvalue weighted by atomic mass is 16.5. The van der Waals surface area contributed by atoms with Crippen molar-refractivity contribution < 1.29 is 14.3 Å². The number of ether oxygens (including phenoxy) is 1. The molecule has 0 heterocycles. The van der Waals surface area contributed by atoms with Gasteiger partial charge in [-0.2, -0.15) is 0 Å². The van der Waals surface area contributed by atoms with Crippen molar-refractivity contribution in [1.29, 1.82) is 0 Å². The molecule has 3 aliphatic rings. The highest BCUT2D eigenvalue weighted by Crippen LogP contribution is 2.63. The Hall–Kier alpha value is -1.90. The fraction of sp³-hybridized carbons (Fsp3) is 0.565. The Morgan fingerprint density at radius 3 is 2.04 bits per heavy atom. The van der Waals surface area contributed by atoms with Crippen molar-refractivity contribution >= 4 is 11.6 Å². The standard InChI is InChI=1S/C23H30O3/c1-21(2,3)18-13-23(22(4,5)6)17(12-16(18)19(24)20(23)25)14-8-10-15(26-7)11-9-14/h8-11,13,16-17H,12H2,1-7H3/t16?,17-,23-/m0/s1. The van der Waals surface area contributed by atoms with Gasteiger partial charge in [0.25, 0.3) is 0 Å². The summed E-state index contributed by atoms with van der Waals surface area (Å²) in [6.45, 7) is 12.6. The van der Waals surface area contributed by atoms with E-state index in [-0.39, 0.29) is 34.2 Å². The molecule has 3 heteroatoms. The number of hydrogen-bond donors (Lipinski definition) is 0. The topological polar surface area (TPSA) is 43.4 Å². The van der Waals surface area contributed by atoms with Crippen molar-refractivity contribution in [3.05, 3.63) is 41.5 Å². The molecule has 0 amide bonds. The van der Waals surface area contributed by atoms with Crippen LogP contribution >= 0.6 is 0 Å². The summed E-state index contributed by atoms with van der Waals surface area (Å²) < 4.78 is 5.28. The molecule has 0 saturated heterocycles. The van der Waals surface area contributed by atoms with Crippen molar-refractivity contribution in [3.8, 4) is 5.75 Å². The minimum atomic E-state index is -0.796. The zero-order valence-corrected chi connectivity index (χ0v) is 17.0. The monoisotopic (exact) mass is 354 g/mol. The Labute approximate surface area is 156 Å². The second kappa shape index (κ2) is 5.80. The maximum absolute atomic E-state index is 13.3. The minimum Gasteiger partial charge on any atom is -0.497 e. The lowest BCUT2D eigenvalue weighted by molar-refractivity contribution is -0.153. The van der Waals surface area contributed by atoms with Crippen LogP contribution in [0, 0.1) is 22.2 Å². The second-order valence-electron chi connectivity index (χ2n) is 9.78. The fourth-order valence-corrected chi connectivity index (χ4v) is 4.88. The maximum Gasteiger partial charge on any atom is 0.210 e. The van der Waals surface area contributed by atoms with E-state index in [1.54, 1.807) is 7.11 Å². The molecule has 4 rings (SSSR count). The molecule has 3 atom stereocenters. The molecule has 1 unspecified atom stereocenters. The van der Waals surface area contributed by atoms with E-state index in [9.17, 15) is 9.59 Å². The van der Waals surface area contributed by atoms with E-state index in [0.29, 0.717) is 6.42 Å². The lowest BCUT2D eigenvalue weighted by Gasteiger charge is -2.56. The predicted octanol–water partition coefficient (Wildman–Crippen LogP) is 4.96. The summed E-state index contributed by atoms with van der Waals surface area (Å²) in [7, 11) is 1.65. The molecule has 2 bridgehead atoms. The van der Waals surface area contributed by atoms with Crippen LogP contribution in [0.3, 0.4) is 0 Å². The van der Waals surface area contributed by atoms with Crippen LogP contribution in [0.1, 0.15) is 59.4 Å². The average molecular weight is 354 g/mol. The first-order chi connectivity index (χ1) is 11.9. The normalized spacial score (nSPS) is 29.0. The molecule has 1 aromatic rings. The molecule has 1 aromatic carbocycles. The van der Waals surface area contributed by atoms with E-state index in [0.717, 1.165) is 16.9 Å². The molecule has 140 valence electrons. The number of fused-ring (bicyclic) bond motifs is 2. The minimum absolute atomic E-state index is 0.00899. The van der Waals surface area contributed by atoms with E-state index < -0.39 is 5.41 Å². The Balaban J connectivity index is 2.23. The molecule has 1 fully saturated rings. The molecular weight excluding hydrogens is 324 g/mol. The highest BCUT2D eigenvalue weighted by Gasteiger charge is 2.63. The molecule has 0 N–H and O–H groups in total. The van der Waals surface area contributed by atoms with E-state index in [2.05, 4.69) is 47.6 Å². The number of carbonyl (C=O) groups excluding carboxylic acids is 2. The van der Waals surface area contributed by atoms with Gasteiger partial charge >= 0.3 is 0 Å². The Morgan fingerprint density at radius 1 is 1.00 bits per heavy atom. The molecule has 0 spiro atoms. The van der Waals surface area contributed by atoms with Gasteiger partial charge in [0.15, 0.2) is 0 Å². The fourth-order valence-electron chi connectivity index (χ4n) is 4.88. The summed E-state index contributed by atoms with van der Waals surface area (Å²) in [5.74, 6) is 0.105. The Morgan fingerprint density at radius 2 is 1.58 bits per heavy atom. The quantitative estimate of drug-likeness (QED) is 0.557. The second-order valence-corrected chi connectivity index (χ2v) is 9.78. The van der Waals surface area contributed by atoms with Gasteiger partial charge in [-0.05, 0) is 34.9 Å². The number of hydrogen-bond acceptors (Lipinski definition) is 3. The molecule has 0 aliphatic heterocycles. The van der Waals surface area contributed by atoms with Crippen LogP contribution in [-0.2, 0) is 9.59 Å². The third kappa shape index (κ3) is 2.55. The number of methoxy groups -OCH3 is 1. The first-order valence-electron chi connectivity index (χ1n) is 9.39. The molecule has 3 nitrogen and oxygen atoms in total.